The van der Waals surface area contributed by atoms with E-state index in [-0.39, 0.29) is 12.5 Å². The topological polar surface area (TPSA) is 65.4 Å². The Labute approximate surface area is 197 Å². The number of unbranched alkanes of at least 4 members (excludes halogenated alkanes) is 2. The average molecular weight is 452 g/mol. The van der Waals surface area contributed by atoms with E-state index in [1.807, 2.05) is 6.07 Å². The van der Waals surface area contributed by atoms with Crippen molar-refractivity contribution in [2.45, 2.75) is 58.9 Å². The van der Waals surface area contributed by atoms with Crippen LogP contribution in [0.1, 0.15) is 56.0 Å². The molecule has 33 heavy (non-hydrogen) atoms. The molecule has 0 fully saturated rings. The lowest BCUT2D eigenvalue weighted by molar-refractivity contribution is -0.124. The number of hydrogen-bond acceptors (Lipinski definition) is 4. The molecule has 1 heterocycles. The number of ether oxygens (including phenoxy) is 2. The predicted molar refractivity (Wildman–Crippen MR) is 133 cm³/mol. The summed E-state index contributed by atoms with van der Waals surface area (Å²) < 4.78 is 13.4. The van der Waals surface area contributed by atoms with E-state index in [0.717, 1.165) is 54.8 Å². The Morgan fingerprint density at radius 2 is 1.94 bits per heavy atom. The fourth-order valence-electron chi connectivity index (χ4n) is 4.05. The highest BCUT2D eigenvalue weighted by Crippen LogP contribution is 2.27. The molecule has 1 amide bonds. The zero-order valence-electron chi connectivity index (χ0n) is 20.4. The molecular formula is C27H37N3O3. The summed E-state index contributed by atoms with van der Waals surface area (Å²) in [5.41, 5.74) is 4.63. The smallest absolute Gasteiger partial charge is 0.245 e. The van der Waals surface area contributed by atoms with Crippen molar-refractivity contribution >= 4 is 16.9 Å². The lowest BCUT2D eigenvalue weighted by Gasteiger charge is -2.16. The molecule has 6 heteroatoms. The molecule has 0 saturated heterocycles. The highest BCUT2D eigenvalue weighted by molar-refractivity contribution is 5.77. The zero-order chi connectivity index (χ0) is 23.6. The van der Waals surface area contributed by atoms with Crippen LogP contribution >= 0.6 is 0 Å². The summed E-state index contributed by atoms with van der Waals surface area (Å²) in [4.78, 5) is 16.3. The van der Waals surface area contributed by atoms with E-state index in [9.17, 15) is 4.79 Å². The number of nitrogens with one attached hydrogen (secondary N) is 1. The molecule has 1 N–H and O–H groups in total. The second-order valence-electron chi connectivity index (χ2n) is 8.81. The van der Waals surface area contributed by atoms with E-state index in [1.165, 1.54) is 18.2 Å². The summed E-state index contributed by atoms with van der Waals surface area (Å²) in [6, 6.07) is 14.7. The van der Waals surface area contributed by atoms with Gasteiger partial charge >= 0.3 is 0 Å². The first-order chi connectivity index (χ1) is 16.0. The number of carbonyl (C=O) groups excluding carboxylic acids is 1. The summed E-state index contributed by atoms with van der Waals surface area (Å²) in [5, 5.41) is 2.87. The molecule has 0 aliphatic heterocycles. The molecule has 0 aliphatic rings. The SMILES string of the molecule is COCC(=O)NCCCCCc1nc2ccccc2n1CCOc1cc(C)ccc1C(C)C. The maximum absolute atomic E-state index is 11.5. The number of carbonyl (C=O) groups is 1. The maximum Gasteiger partial charge on any atom is 0.245 e. The van der Waals surface area contributed by atoms with Crippen molar-refractivity contribution in [3.63, 3.8) is 0 Å². The maximum atomic E-state index is 11.5. The van der Waals surface area contributed by atoms with E-state index in [4.69, 9.17) is 14.5 Å². The van der Waals surface area contributed by atoms with Gasteiger partial charge in [0.25, 0.3) is 0 Å². The third-order valence-electron chi connectivity index (χ3n) is 5.77. The van der Waals surface area contributed by atoms with Gasteiger partial charge in [0.1, 0.15) is 24.8 Å². The van der Waals surface area contributed by atoms with Crippen molar-refractivity contribution in [3.05, 3.63) is 59.4 Å². The number of rotatable bonds is 13. The zero-order valence-corrected chi connectivity index (χ0v) is 20.4. The molecule has 0 atom stereocenters. The van der Waals surface area contributed by atoms with Crippen LogP contribution in [0.3, 0.4) is 0 Å². The number of para-hydroxylation sites is 2. The van der Waals surface area contributed by atoms with Crippen molar-refractivity contribution in [1.82, 2.24) is 14.9 Å². The van der Waals surface area contributed by atoms with Gasteiger partial charge in [0, 0.05) is 20.1 Å². The van der Waals surface area contributed by atoms with E-state index < -0.39 is 0 Å². The standard InChI is InChI=1S/C27H37N3O3/c1-20(2)22-14-13-21(3)18-25(22)33-17-16-30-24-11-8-7-10-23(24)29-26(30)12-6-5-9-15-28-27(31)19-32-4/h7-8,10-11,13-14,18,20H,5-6,9,12,15-17,19H2,1-4H3,(H,28,31). The van der Waals surface area contributed by atoms with Gasteiger partial charge in [0.15, 0.2) is 0 Å². The Hall–Kier alpha value is -2.86. The number of aryl methyl sites for hydroxylation is 2. The van der Waals surface area contributed by atoms with Crippen molar-refractivity contribution in [1.29, 1.82) is 0 Å². The number of amides is 1. The lowest BCUT2D eigenvalue weighted by Crippen LogP contribution is -2.27. The first-order valence-corrected chi connectivity index (χ1v) is 11.9. The van der Waals surface area contributed by atoms with E-state index in [2.05, 4.69) is 67.1 Å². The quantitative estimate of drug-likeness (QED) is 0.371. The van der Waals surface area contributed by atoms with Gasteiger partial charge in [-0.3, -0.25) is 4.79 Å². The highest BCUT2D eigenvalue weighted by Gasteiger charge is 2.12. The largest absolute Gasteiger partial charge is 0.491 e. The van der Waals surface area contributed by atoms with Gasteiger partial charge in [-0.25, -0.2) is 4.98 Å². The minimum Gasteiger partial charge on any atom is -0.491 e. The molecule has 0 unspecified atom stereocenters. The summed E-state index contributed by atoms with van der Waals surface area (Å²) in [6.07, 6.45) is 3.92. The molecule has 0 spiro atoms. The third kappa shape index (κ3) is 7.06. The second kappa shape index (κ2) is 12.4. The van der Waals surface area contributed by atoms with Crippen LogP contribution in [0.4, 0.5) is 0 Å². The Morgan fingerprint density at radius 1 is 1.12 bits per heavy atom. The first-order valence-electron chi connectivity index (χ1n) is 11.9. The molecule has 0 aliphatic carbocycles. The van der Waals surface area contributed by atoms with Crippen LogP contribution in [0.5, 0.6) is 5.75 Å². The Morgan fingerprint density at radius 3 is 2.73 bits per heavy atom. The van der Waals surface area contributed by atoms with Crippen LogP contribution in [0.2, 0.25) is 0 Å². The molecule has 6 nitrogen and oxygen atoms in total. The number of methoxy groups -OCH3 is 1. The minimum absolute atomic E-state index is 0.0615. The van der Waals surface area contributed by atoms with E-state index in [0.29, 0.717) is 19.1 Å². The van der Waals surface area contributed by atoms with Crippen molar-refractivity contribution in [3.8, 4) is 5.75 Å². The predicted octanol–water partition coefficient (Wildman–Crippen LogP) is 5.02. The Balaban J connectivity index is 1.59. The van der Waals surface area contributed by atoms with Gasteiger partial charge in [0.2, 0.25) is 5.91 Å². The summed E-state index contributed by atoms with van der Waals surface area (Å²) in [5.74, 6) is 2.43. The monoisotopic (exact) mass is 451 g/mol. The molecular weight excluding hydrogens is 414 g/mol. The van der Waals surface area contributed by atoms with E-state index >= 15 is 0 Å². The molecule has 0 saturated carbocycles. The van der Waals surface area contributed by atoms with Gasteiger partial charge in [-0.15, -0.1) is 0 Å². The van der Waals surface area contributed by atoms with Crippen LogP contribution in [0.15, 0.2) is 42.5 Å². The summed E-state index contributed by atoms with van der Waals surface area (Å²) >= 11 is 0. The number of nitrogens with zero attached hydrogens (tertiary/aromatic N) is 2. The highest BCUT2D eigenvalue weighted by atomic mass is 16.5. The minimum atomic E-state index is -0.0615. The van der Waals surface area contributed by atoms with Gasteiger partial charge in [-0.1, -0.05) is 44.5 Å². The number of hydrogen-bond donors (Lipinski definition) is 1. The van der Waals surface area contributed by atoms with Crippen LogP contribution in [0, 0.1) is 6.92 Å². The number of fused-ring (bicyclic) bond motifs is 1. The van der Waals surface area contributed by atoms with Gasteiger partial charge < -0.3 is 19.4 Å². The molecule has 2 aromatic carbocycles. The van der Waals surface area contributed by atoms with Gasteiger partial charge in [-0.2, -0.15) is 0 Å². The lowest BCUT2D eigenvalue weighted by atomic mass is 10.0. The fraction of sp³-hybridized carbons (Fsp3) is 0.481. The van der Waals surface area contributed by atoms with Crippen LogP contribution in [-0.2, 0) is 22.5 Å². The molecule has 0 radical (unpaired) electrons. The normalized spacial score (nSPS) is 11.3. The van der Waals surface area contributed by atoms with Crippen LogP contribution in [0.25, 0.3) is 11.0 Å². The van der Waals surface area contributed by atoms with Crippen molar-refractivity contribution in [2.24, 2.45) is 0 Å². The average Bonchev–Trinajstić information content (AvgIpc) is 3.13. The fourth-order valence-corrected chi connectivity index (χ4v) is 4.05. The summed E-state index contributed by atoms with van der Waals surface area (Å²) in [7, 11) is 1.53. The molecule has 3 aromatic rings. The Kier molecular flexibility index (Phi) is 9.31. The molecule has 0 bridgehead atoms. The van der Waals surface area contributed by atoms with Gasteiger partial charge in [-0.05, 0) is 55.0 Å². The summed E-state index contributed by atoms with van der Waals surface area (Å²) in [6.45, 7) is 8.65. The van der Waals surface area contributed by atoms with Gasteiger partial charge in [0.05, 0.1) is 17.6 Å². The van der Waals surface area contributed by atoms with E-state index in [1.54, 1.807) is 0 Å². The third-order valence-corrected chi connectivity index (χ3v) is 5.77. The second-order valence-corrected chi connectivity index (χ2v) is 8.81. The molecule has 1 aromatic heterocycles. The van der Waals surface area contributed by atoms with Crippen LogP contribution < -0.4 is 10.1 Å². The van der Waals surface area contributed by atoms with Crippen LogP contribution in [-0.4, -0.2) is 42.3 Å². The molecule has 178 valence electrons. The van der Waals surface area contributed by atoms with Crippen molar-refractivity contribution in [2.75, 3.05) is 26.9 Å². The Bertz CT molecular complexity index is 1040. The number of imidazole rings is 1. The number of benzene rings is 2. The molecule has 3 rings (SSSR count). The first kappa shape index (κ1) is 24.8. The number of aromatic nitrogens is 2. The van der Waals surface area contributed by atoms with Crippen molar-refractivity contribution < 1.29 is 14.3 Å².